The Bertz CT molecular complexity index is 1120. The number of fused-ring (bicyclic) bond motifs is 1. The van der Waals surface area contributed by atoms with Crippen LogP contribution in [0.25, 0.3) is 22.2 Å². The number of pyridine rings is 1. The van der Waals surface area contributed by atoms with Crippen molar-refractivity contribution in [2.75, 3.05) is 46.8 Å². The Morgan fingerprint density at radius 3 is 2.47 bits per heavy atom. The molecule has 1 aromatic heterocycles. The van der Waals surface area contributed by atoms with E-state index < -0.39 is 0 Å². The van der Waals surface area contributed by atoms with Crippen LogP contribution >= 0.6 is 0 Å². The highest BCUT2D eigenvalue weighted by Gasteiger charge is 2.24. The molecule has 0 atom stereocenters. The van der Waals surface area contributed by atoms with E-state index in [0.29, 0.717) is 31.7 Å². The number of benzene rings is 2. The maximum atomic E-state index is 13.6. The summed E-state index contributed by atoms with van der Waals surface area (Å²) in [7, 11) is 3.55. The summed E-state index contributed by atoms with van der Waals surface area (Å²) in [4.78, 5) is 36.2. The van der Waals surface area contributed by atoms with E-state index in [1.807, 2.05) is 47.4 Å². The molecule has 4 rings (SSSR count). The number of aryl methyl sites for hydroxylation is 1. The van der Waals surface area contributed by atoms with E-state index in [9.17, 15) is 9.59 Å². The monoisotopic (exact) mass is 430 g/mol. The van der Waals surface area contributed by atoms with Crippen molar-refractivity contribution in [3.8, 4) is 11.3 Å². The van der Waals surface area contributed by atoms with Crippen molar-refractivity contribution in [2.45, 2.75) is 13.3 Å². The zero-order valence-corrected chi connectivity index (χ0v) is 19.0. The molecule has 0 unspecified atom stereocenters. The number of carbonyl (C=O) groups is 2. The number of nitrogens with zero attached hydrogens (tertiary/aromatic N) is 4. The Hall–Kier alpha value is -3.25. The van der Waals surface area contributed by atoms with Gasteiger partial charge in [0.05, 0.1) is 23.3 Å². The summed E-state index contributed by atoms with van der Waals surface area (Å²) in [5.41, 5.74) is 4.50. The van der Waals surface area contributed by atoms with E-state index in [4.69, 9.17) is 4.98 Å². The fourth-order valence-electron chi connectivity index (χ4n) is 4.06. The minimum atomic E-state index is 0.0257. The van der Waals surface area contributed by atoms with Crippen LogP contribution in [0, 0.1) is 6.92 Å². The number of hydrogen-bond acceptors (Lipinski definition) is 4. The smallest absolute Gasteiger partial charge is 0.254 e. The van der Waals surface area contributed by atoms with E-state index >= 15 is 0 Å². The molecular formula is C26H30N4O2. The van der Waals surface area contributed by atoms with E-state index in [2.05, 4.69) is 24.0 Å². The molecule has 1 fully saturated rings. The third-order valence-corrected chi connectivity index (χ3v) is 6.03. The first-order valence-electron chi connectivity index (χ1n) is 11.1. The van der Waals surface area contributed by atoms with Gasteiger partial charge in [0.1, 0.15) is 0 Å². The molecule has 0 aliphatic carbocycles. The van der Waals surface area contributed by atoms with Crippen molar-refractivity contribution in [3.05, 3.63) is 65.7 Å². The van der Waals surface area contributed by atoms with Gasteiger partial charge in [-0.2, -0.15) is 0 Å². The average Bonchev–Trinajstić information content (AvgIpc) is 3.04. The molecule has 166 valence electrons. The van der Waals surface area contributed by atoms with Crippen LogP contribution in [0.3, 0.4) is 0 Å². The molecule has 0 spiro atoms. The lowest BCUT2D eigenvalue weighted by atomic mass is 10.0. The van der Waals surface area contributed by atoms with E-state index in [1.165, 1.54) is 5.56 Å². The van der Waals surface area contributed by atoms with E-state index in [0.717, 1.165) is 35.1 Å². The first-order chi connectivity index (χ1) is 15.4. The molecule has 1 aliphatic rings. The lowest BCUT2D eigenvalue weighted by Gasteiger charge is -2.23. The van der Waals surface area contributed by atoms with Crippen LogP contribution in [-0.4, -0.2) is 78.3 Å². The maximum absolute atomic E-state index is 13.6. The minimum absolute atomic E-state index is 0.0257. The van der Waals surface area contributed by atoms with Gasteiger partial charge in [0.15, 0.2) is 0 Å². The second kappa shape index (κ2) is 9.49. The fraction of sp³-hybridized carbons (Fsp3) is 0.346. The van der Waals surface area contributed by atoms with Gasteiger partial charge in [0.25, 0.3) is 5.91 Å². The number of likely N-dealkylation sites (N-methyl/N-ethyl adjacent to an activating group) is 1. The van der Waals surface area contributed by atoms with Gasteiger partial charge < -0.3 is 9.80 Å². The highest BCUT2D eigenvalue weighted by molar-refractivity contribution is 6.07. The molecule has 2 aromatic carbocycles. The van der Waals surface area contributed by atoms with Gasteiger partial charge in [0, 0.05) is 51.2 Å². The third-order valence-electron chi connectivity index (χ3n) is 6.03. The second-order valence-electron chi connectivity index (χ2n) is 8.65. The van der Waals surface area contributed by atoms with Gasteiger partial charge in [-0.25, -0.2) is 4.98 Å². The van der Waals surface area contributed by atoms with Crippen LogP contribution in [0.15, 0.2) is 54.6 Å². The molecular weight excluding hydrogens is 400 g/mol. The molecule has 2 amide bonds. The second-order valence-corrected chi connectivity index (χ2v) is 8.65. The fourth-order valence-corrected chi connectivity index (χ4v) is 4.06. The molecule has 0 saturated carbocycles. The summed E-state index contributed by atoms with van der Waals surface area (Å²) in [5, 5.41) is 0.872. The molecule has 3 aromatic rings. The topological polar surface area (TPSA) is 56.8 Å². The first-order valence-corrected chi connectivity index (χ1v) is 11.1. The van der Waals surface area contributed by atoms with Crippen molar-refractivity contribution in [1.82, 2.24) is 19.7 Å². The van der Waals surface area contributed by atoms with Crippen molar-refractivity contribution < 1.29 is 9.59 Å². The number of rotatable bonds is 4. The largest absolute Gasteiger partial charge is 0.348 e. The van der Waals surface area contributed by atoms with E-state index in [-0.39, 0.29) is 11.8 Å². The number of hydrogen-bond donors (Lipinski definition) is 0. The van der Waals surface area contributed by atoms with Gasteiger partial charge in [0.2, 0.25) is 5.91 Å². The highest BCUT2D eigenvalue weighted by Crippen LogP contribution is 2.26. The molecule has 2 heterocycles. The summed E-state index contributed by atoms with van der Waals surface area (Å²) in [6.45, 7) is 5.25. The maximum Gasteiger partial charge on any atom is 0.254 e. The summed E-state index contributed by atoms with van der Waals surface area (Å²) in [6.07, 6.45) is 0.848. The summed E-state index contributed by atoms with van der Waals surface area (Å²) in [6, 6.07) is 18.0. The van der Waals surface area contributed by atoms with Gasteiger partial charge in [-0.3, -0.25) is 14.5 Å². The Labute approximate surface area is 189 Å². The highest BCUT2D eigenvalue weighted by atomic mass is 16.2. The lowest BCUT2D eigenvalue weighted by molar-refractivity contribution is -0.129. The Morgan fingerprint density at radius 1 is 0.969 bits per heavy atom. The molecule has 1 saturated heterocycles. The third kappa shape index (κ3) is 4.81. The molecule has 0 N–H and O–H groups in total. The average molecular weight is 431 g/mol. The Balaban J connectivity index is 1.61. The number of aromatic nitrogens is 1. The van der Waals surface area contributed by atoms with Crippen LogP contribution in [0.5, 0.6) is 0 Å². The van der Waals surface area contributed by atoms with E-state index in [1.54, 1.807) is 19.0 Å². The summed E-state index contributed by atoms with van der Waals surface area (Å²) < 4.78 is 0. The molecule has 6 nitrogen and oxygen atoms in total. The quantitative estimate of drug-likeness (QED) is 0.636. The normalized spacial score (nSPS) is 14.9. The van der Waals surface area contributed by atoms with Crippen molar-refractivity contribution in [2.24, 2.45) is 0 Å². The van der Waals surface area contributed by atoms with Crippen LogP contribution in [0.1, 0.15) is 22.3 Å². The van der Waals surface area contributed by atoms with Crippen molar-refractivity contribution >= 4 is 22.7 Å². The zero-order valence-electron chi connectivity index (χ0n) is 19.0. The number of carbonyl (C=O) groups excluding carboxylic acids is 2. The lowest BCUT2D eigenvalue weighted by Crippen LogP contribution is -2.39. The standard InChI is InChI=1S/C26H30N4O2/c1-19-9-11-20(12-10-19)24-17-22(21-7-4-5-8-23(21)27-24)26(32)30-14-6-13-29(15-16-30)18-25(31)28(2)3/h4-5,7-12,17H,6,13-16,18H2,1-3H3. The predicted octanol–water partition coefficient (Wildman–Crippen LogP) is 3.45. The van der Waals surface area contributed by atoms with Crippen LogP contribution < -0.4 is 0 Å². The predicted molar refractivity (Wildman–Crippen MR) is 128 cm³/mol. The Morgan fingerprint density at radius 2 is 1.72 bits per heavy atom. The van der Waals surface area contributed by atoms with Crippen LogP contribution in [-0.2, 0) is 4.79 Å². The Kier molecular flexibility index (Phi) is 6.51. The van der Waals surface area contributed by atoms with Crippen LogP contribution in [0.2, 0.25) is 0 Å². The van der Waals surface area contributed by atoms with Gasteiger partial charge in [-0.1, -0.05) is 48.0 Å². The first kappa shape index (κ1) is 22.0. The van der Waals surface area contributed by atoms with Gasteiger partial charge in [-0.15, -0.1) is 0 Å². The number of amides is 2. The molecule has 32 heavy (non-hydrogen) atoms. The molecule has 0 bridgehead atoms. The number of para-hydroxylation sites is 1. The molecule has 6 heteroatoms. The van der Waals surface area contributed by atoms with Gasteiger partial charge in [-0.05, 0) is 25.5 Å². The van der Waals surface area contributed by atoms with Crippen molar-refractivity contribution in [1.29, 1.82) is 0 Å². The molecule has 0 radical (unpaired) electrons. The van der Waals surface area contributed by atoms with Crippen LogP contribution in [0.4, 0.5) is 0 Å². The van der Waals surface area contributed by atoms with Gasteiger partial charge >= 0.3 is 0 Å². The summed E-state index contributed by atoms with van der Waals surface area (Å²) >= 11 is 0. The molecule has 1 aliphatic heterocycles. The minimum Gasteiger partial charge on any atom is -0.348 e. The summed E-state index contributed by atoms with van der Waals surface area (Å²) in [5.74, 6) is 0.116. The van der Waals surface area contributed by atoms with Crippen molar-refractivity contribution in [3.63, 3.8) is 0 Å². The SMILES string of the molecule is Cc1ccc(-c2cc(C(=O)N3CCCN(CC(=O)N(C)C)CC3)c3ccccc3n2)cc1. The zero-order chi connectivity index (χ0) is 22.7.